The number of aryl methyl sites for hydroxylation is 1. The lowest BCUT2D eigenvalue weighted by Gasteiger charge is -2.05. The van der Waals surface area contributed by atoms with Gasteiger partial charge in [-0.15, -0.1) is 11.3 Å². The molecule has 0 atom stereocenters. The molecular formula is C18H16N2O3S. The molecule has 1 amide bonds. The van der Waals surface area contributed by atoms with Crippen molar-refractivity contribution in [3.63, 3.8) is 0 Å². The number of Topliss-reactive ketones (excluding diaryl/α,β-unsaturated/α-hetero) is 1. The van der Waals surface area contributed by atoms with Gasteiger partial charge < -0.3 is 9.73 Å². The maximum absolute atomic E-state index is 12.0. The number of carbonyl (C=O) groups is 2. The Kier molecular flexibility index (Phi) is 4.86. The van der Waals surface area contributed by atoms with E-state index in [1.165, 1.54) is 11.3 Å². The third kappa shape index (κ3) is 3.97. The summed E-state index contributed by atoms with van der Waals surface area (Å²) in [6, 6.07) is 10.9. The van der Waals surface area contributed by atoms with Crippen molar-refractivity contribution in [3.05, 3.63) is 58.8 Å². The number of nitrogens with zero attached hydrogens (tertiary/aromatic N) is 1. The summed E-state index contributed by atoms with van der Waals surface area (Å²) >= 11 is 1.39. The standard InChI is InChI=1S/C18H16N2O3S/c1-12-19-15(11-23-12)13-4-6-14(7-5-13)20-18(22)9-8-16(21)17-3-2-10-24-17/h2-7,10-11H,8-9H2,1H3,(H,20,22). The van der Waals surface area contributed by atoms with Gasteiger partial charge in [-0.3, -0.25) is 9.59 Å². The van der Waals surface area contributed by atoms with E-state index in [2.05, 4.69) is 10.3 Å². The van der Waals surface area contributed by atoms with Crippen molar-refractivity contribution in [1.82, 2.24) is 4.98 Å². The van der Waals surface area contributed by atoms with Crippen LogP contribution < -0.4 is 5.32 Å². The number of hydrogen-bond donors (Lipinski definition) is 1. The van der Waals surface area contributed by atoms with E-state index in [4.69, 9.17) is 4.42 Å². The van der Waals surface area contributed by atoms with Crippen LogP contribution in [0.25, 0.3) is 11.3 Å². The van der Waals surface area contributed by atoms with Gasteiger partial charge in [-0.05, 0) is 23.6 Å². The van der Waals surface area contributed by atoms with E-state index in [1.54, 1.807) is 31.4 Å². The van der Waals surface area contributed by atoms with Gasteiger partial charge >= 0.3 is 0 Å². The number of carbonyl (C=O) groups excluding carboxylic acids is 2. The molecule has 3 rings (SSSR count). The lowest BCUT2D eigenvalue weighted by Crippen LogP contribution is -2.13. The van der Waals surface area contributed by atoms with Gasteiger partial charge in [0.1, 0.15) is 12.0 Å². The Morgan fingerprint density at radius 1 is 1.17 bits per heavy atom. The number of hydrogen-bond acceptors (Lipinski definition) is 5. The average Bonchev–Trinajstić information content (AvgIpc) is 3.25. The quantitative estimate of drug-likeness (QED) is 0.679. The minimum Gasteiger partial charge on any atom is -0.449 e. The van der Waals surface area contributed by atoms with Crippen LogP contribution in [0.4, 0.5) is 5.69 Å². The number of ketones is 1. The number of thiophene rings is 1. The van der Waals surface area contributed by atoms with Crippen molar-refractivity contribution in [2.24, 2.45) is 0 Å². The molecule has 6 heteroatoms. The zero-order chi connectivity index (χ0) is 16.9. The highest BCUT2D eigenvalue weighted by Crippen LogP contribution is 2.21. The van der Waals surface area contributed by atoms with Gasteiger partial charge in [0.2, 0.25) is 5.91 Å². The van der Waals surface area contributed by atoms with Gasteiger partial charge in [-0.1, -0.05) is 18.2 Å². The molecule has 0 aliphatic rings. The molecule has 2 heterocycles. The molecule has 1 aromatic carbocycles. The first kappa shape index (κ1) is 16.1. The molecule has 122 valence electrons. The molecule has 0 bridgehead atoms. The summed E-state index contributed by atoms with van der Waals surface area (Å²) in [5.74, 6) is 0.430. The SMILES string of the molecule is Cc1nc(-c2ccc(NC(=O)CCC(=O)c3cccs3)cc2)co1. The van der Waals surface area contributed by atoms with Crippen molar-refractivity contribution < 1.29 is 14.0 Å². The van der Waals surface area contributed by atoms with Gasteiger partial charge in [0.25, 0.3) is 0 Å². The second-order valence-electron chi connectivity index (χ2n) is 5.28. The van der Waals surface area contributed by atoms with Crippen LogP contribution in [0.5, 0.6) is 0 Å². The van der Waals surface area contributed by atoms with Gasteiger partial charge in [0.15, 0.2) is 11.7 Å². The predicted molar refractivity (Wildman–Crippen MR) is 93.2 cm³/mol. The van der Waals surface area contributed by atoms with Crippen molar-refractivity contribution >= 4 is 28.7 Å². The van der Waals surface area contributed by atoms with Crippen LogP contribution in [0.15, 0.2) is 52.5 Å². The van der Waals surface area contributed by atoms with Crippen molar-refractivity contribution in [1.29, 1.82) is 0 Å². The number of benzene rings is 1. The van der Waals surface area contributed by atoms with E-state index < -0.39 is 0 Å². The summed E-state index contributed by atoms with van der Waals surface area (Å²) < 4.78 is 5.19. The first-order valence-corrected chi connectivity index (χ1v) is 8.39. The fourth-order valence-electron chi connectivity index (χ4n) is 2.23. The summed E-state index contributed by atoms with van der Waals surface area (Å²) in [7, 11) is 0. The lowest BCUT2D eigenvalue weighted by molar-refractivity contribution is -0.116. The van der Waals surface area contributed by atoms with Crippen LogP contribution >= 0.6 is 11.3 Å². The first-order chi connectivity index (χ1) is 11.6. The summed E-state index contributed by atoms with van der Waals surface area (Å²) in [5.41, 5.74) is 2.36. The molecule has 0 aliphatic heterocycles. The highest BCUT2D eigenvalue weighted by atomic mass is 32.1. The molecular weight excluding hydrogens is 324 g/mol. The fourth-order valence-corrected chi connectivity index (χ4v) is 2.93. The van der Waals surface area contributed by atoms with E-state index in [1.807, 2.05) is 23.6 Å². The van der Waals surface area contributed by atoms with Gasteiger partial charge in [-0.25, -0.2) is 4.98 Å². The van der Waals surface area contributed by atoms with Crippen LogP contribution in [-0.2, 0) is 4.79 Å². The molecule has 0 fully saturated rings. The summed E-state index contributed by atoms with van der Waals surface area (Å²) in [5, 5.41) is 4.65. The molecule has 5 nitrogen and oxygen atoms in total. The van der Waals surface area contributed by atoms with Gasteiger partial charge in [0, 0.05) is 31.0 Å². The fraction of sp³-hybridized carbons (Fsp3) is 0.167. The van der Waals surface area contributed by atoms with E-state index >= 15 is 0 Å². The van der Waals surface area contributed by atoms with Gasteiger partial charge in [-0.2, -0.15) is 0 Å². The lowest BCUT2D eigenvalue weighted by atomic mass is 10.1. The summed E-state index contributed by atoms with van der Waals surface area (Å²) in [6.07, 6.45) is 1.97. The van der Waals surface area contributed by atoms with Crippen LogP contribution in [0, 0.1) is 6.92 Å². The molecule has 0 saturated carbocycles. The molecule has 1 N–H and O–H groups in total. The molecule has 3 aromatic rings. The third-order valence-electron chi connectivity index (χ3n) is 3.46. The Morgan fingerprint density at radius 3 is 2.58 bits per heavy atom. The maximum atomic E-state index is 12.0. The Bertz CT molecular complexity index is 836. The minimum absolute atomic E-state index is 0.00287. The minimum atomic E-state index is -0.176. The van der Waals surface area contributed by atoms with E-state index in [0.29, 0.717) is 16.5 Å². The second kappa shape index (κ2) is 7.23. The monoisotopic (exact) mass is 340 g/mol. The highest BCUT2D eigenvalue weighted by molar-refractivity contribution is 7.12. The highest BCUT2D eigenvalue weighted by Gasteiger charge is 2.10. The zero-order valence-corrected chi connectivity index (χ0v) is 13.9. The molecule has 0 saturated heterocycles. The Morgan fingerprint density at radius 2 is 1.96 bits per heavy atom. The first-order valence-electron chi connectivity index (χ1n) is 7.51. The van der Waals surface area contributed by atoms with Crippen molar-refractivity contribution in [2.45, 2.75) is 19.8 Å². The topological polar surface area (TPSA) is 72.2 Å². The van der Waals surface area contributed by atoms with Gasteiger partial charge in [0.05, 0.1) is 4.88 Å². The zero-order valence-electron chi connectivity index (χ0n) is 13.1. The maximum Gasteiger partial charge on any atom is 0.224 e. The predicted octanol–water partition coefficient (Wildman–Crippen LogP) is 4.31. The number of aromatic nitrogens is 1. The molecule has 2 aromatic heterocycles. The number of nitrogens with one attached hydrogen (secondary N) is 1. The number of amides is 1. The van der Waals surface area contributed by atoms with Crippen molar-refractivity contribution in [3.8, 4) is 11.3 Å². The Labute approximate surface area is 143 Å². The van der Waals surface area contributed by atoms with Crippen LogP contribution in [0.1, 0.15) is 28.4 Å². The Balaban J connectivity index is 1.54. The normalized spacial score (nSPS) is 10.5. The van der Waals surface area contributed by atoms with Crippen LogP contribution in [0.2, 0.25) is 0 Å². The summed E-state index contributed by atoms with van der Waals surface area (Å²) in [6.45, 7) is 1.79. The van der Waals surface area contributed by atoms with Crippen molar-refractivity contribution in [2.75, 3.05) is 5.32 Å². The molecule has 0 unspecified atom stereocenters. The average molecular weight is 340 g/mol. The molecule has 24 heavy (non-hydrogen) atoms. The molecule has 0 radical (unpaired) electrons. The number of rotatable bonds is 6. The summed E-state index contributed by atoms with van der Waals surface area (Å²) in [4.78, 5) is 28.8. The number of oxazole rings is 1. The van der Waals surface area contributed by atoms with E-state index in [0.717, 1.165) is 11.3 Å². The number of anilines is 1. The van der Waals surface area contributed by atoms with E-state index in [-0.39, 0.29) is 24.5 Å². The van der Waals surface area contributed by atoms with Crippen LogP contribution in [-0.4, -0.2) is 16.7 Å². The molecule has 0 aliphatic carbocycles. The Hall–Kier alpha value is -2.73. The molecule has 0 spiro atoms. The third-order valence-corrected chi connectivity index (χ3v) is 4.37. The smallest absolute Gasteiger partial charge is 0.224 e. The van der Waals surface area contributed by atoms with E-state index in [9.17, 15) is 9.59 Å². The largest absolute Gasteiger partial charge is 0.449 e. The van der Waals surface area contributed by atoms with Crippen LogP contribution in [0.3, 0.4) is 0 Å². The second-order valence-corrected chi connectivity index (χ2v) is 6.23.